The van der Waals surface area contributed by atoms with E-state index in [1.165, 1.54) is 0 Å². The molecule has 3 aromatic rings. The van der Waals surface area contributed by atoms with Crippen LogP contribution in [-0.4, -0.2) is 59.8 Å². The molecule has 2 saturated heterocycles. The number of likely N-dealkylation sites (tertiary alicyclic amines) is 2. The van der Waals surface area contributed by atoms with Crippen LogP contribution in [0.4, 0.5) is 0 Å². The second kappa shape index (κ2) is 6.95. The van der Waals surface area contributed by atoms with Crippen molar-refractivity contribution < 1.29 is 9.59 Å². The summed E-state index contributed by atoms with van der Waals surface area (Å²) in [6, 6.07) is 9.31. The highest BCUT2D eigenvalue weighted by Gasteiger charge is 2.53. The largest absolute Gasteiger partial charge is 0.335 e. The lowest BCUT2D eigenvalue weighted by molar-refractivity contribution is -0.146. The molecule has 2 aliphatic heterocycles. The zero-order valence-electron chi connectivity index (χ0n) is 16.1. The molecule has 1 atom stereocenters. The number of fused-ring (bicyclic) bond motifs is 1. The number of piperidine rings is 1. The van der Waals surface area contributed by atoms with E-state index in [-0.39, 0.29) is 11.8 Å². The Morgan fingerprint density at radius 1 is 1.03 bits per heavy atom. The third-order valence-corrected chi connectivity index (χ3v) is 6.01. The van der Waals surface area contributed by atoms with Gasteiger partial charge in [-0.25, -0.2) is 9.50 Å². The van der Waals surface area contributed by atoms with Crippen LogP contribution >= 0.6 is 0 Å². The fourth-order valence-corrected chi connectivity index (χ4v) is 4.67. The molecule has 5 rings (SSSR count). The van der Waals surface area contributed by atoms with Crippen molar-refractivity contribution in [3.8, 4) is 0 Å². The maximum Gasteiger partial charge on any atom is 0.275 e. The summed E-state index contributed by atoms with van der Waals surface area (Å²) in [5.74, 6) is -0.149. The van der Waals surface area contributed by atoms with E-state index in [9.17, 15) is 9.59 Å². The van der Waals surface area contributed by atoms with Gasteiger partial charge in [0.15, 0.2) is 11.3 Å². The van der Waals surface area contributed by atoms with E-state index in [0.717, 1.165) is 18.5 Å². The first-order valence-corrected chi connectivity index (χ1v) is 9.99. The Kier molecular flexibility index (Phi) is 4.26. The number of amides is 2. The molecular weight excluding hydrogens is 368 g/mol. The SMILES string of the molecule is O=C(c1cnc2cccnn12)N1CCCC12CCCN(Cc1ccccn1)C2=O. The number of rotatable bonds is 3. The number of hydrogen-bond donors (Lipinski definition) is 0. The van der Waals surface area contributed by atoms with Crippen molar-refractivity contribution >= 4 is 17.5 Å². The summed E-state index contributed by atoms with van der Waals surface area (Å²) in [6.45, 7) is 1.74. The second-order valence-electron chi connectivity index (χ2n) is 7.68. The molecule has 1 spiro atoms. The Morgan fingerprint density at radius 3 is 2.72 bits per heavy atom. The fraction of sp³-hybridized carbons (Fsp3) is 0.381. The predicted molar refractivity (Wildman–Crippen MR) is 105 cm³/mol. The maximum absolute atomic E-state index is 13.6. The quantitative estimate of drug-likeness (QED) is 0.682. The van der Waals surface area contributed by atoms with Crippen LogP contribution < -0.4 is 0 Å². The van der Waals surface area contributed by atoms with Crippen molar-refractivity contribution in [2.75, 3.05) is 13.1 Å². The molecule has 8 nitrogen and oxygen atoms in total. The van der Waals surface area contributed by atoms with E-state index in [0.29, 0.717) is 43.8 Å². The zero-order chi connectivity index (χ0) is 19.8. The molecule has 0 N–H and O–H groups in total. The van der Waals surface area contributed by atoms with Gasteiger partial charge < -0.3 is 9.80 Å². The smallest absolute Gasteiger partial charge is 0.275 e. The van der Waals surface area contributed by atoms with Gasteiger partial charge in [-0.1, -0.05) is 6.07 Å². The summed E-state index contributed by atoms with van der Waals surface area (Å²) in [5, 5.41) is 4.26. The average molecular weight is 390 g/mol. The summed E-state index contributed by atoms with van der Waals surface area (Å²) in [5.41, 5.74) is 1.11. The molecule has 29 heavy (non-hydrogen) atoms. The number of imidazole rings is 1. The number of carbonyl (C=O) groups excluding carboxylic acids is 2. The molecule has 0 aromatic carbocycles. The van der Waals surface area contributed by atoms with Gasteiger partial charge in [-0.3, -0.25) is 14.6 Å². The summed E-state index contributed by atoms with van der Waals surface area (Å²) in [4.78, 5) is 39.3. The van der Waals surface area contributed by atoms with Gasteiger partial charge in [0.2, 0.25) is 5.91 Å². The van der Waals surface area contributed by atoms with Crippen LogP contribution in [0.3, 0.4) is 0 Å². The third-order valence-electron chi connectivity index (χ3n) is 6.01. The maximum atomic E-state index is 13.6. The minimum atomic E-state index is -0.775. The van der Waals surface area contributed by atoms with Crippen LogP contribution in [0.25, 0.3) is 5.65 Å². The van der Waals surface area contributed by atoms with Gasteiger partial charge >= 0.3 is 0 Å². The van der Waals surface area contributed by atoms with Crippen LogP contribution in [0, 0.1) is 0 Å². The topological polar surface area (TPSA) is 83.7 Å². The number of nitrogens with zero attached hydrogens (tertiary/aromatic N) is 6. The van der Waals surface area contributed by atoms with Crippen molar-refractivity contribution in [2.45, 2.75) is 37.8 Å². The lowest BCUT2D eigenvalue weighted by Gasteiger charge is -2.44. The molecule has 0 saturated carbocycles. The molecule has 3 aromatic heterocycles. The second-order valence-corrected chi connectivity index (χ2v) is 7.68. The summed E-state index contributed by atoms with van der Waals surface area (Å²) in [6.07, 6.45) is 8.00. The van der Waals surface area contributed by atoms with Gasteiger partial charge in [-0.15, -0.1) is 0 Å². The Labute approximate surface area is 168 Å². The lowest BCUT2D eigenvalue weighted by Crippen LogP contribution is -2.61. The summed E-state index contributed by atoms with van der Waals surface area (Å²) >= 11 is 0. The first kappa shape index (κ1) is 17.8. The Balaban J connectivity index is 1.45. The van der Waals surface area contributed by atoms with E-state index in [2.05, 4.69) is 15.1 Å². The minimum Gasteiger partial charge on any atom is -0.335 e. The Hall–Kier alpha value is -3.29. The summed E-state index contributed by atoms with van der Waals surface area (Å²) in [7, 11) is 0. The van der Waals surface area contributed by atoms with E-state index >= 15 is 0 Å². The molecule has 5 heterocycles. The van der Waals surface area contributed by atoms with Crippen molar-refractivity contribution in [3.05, 3.63) is 60.3 Å². The average Bonchev–Trinajstić information content (AvgIpc) is 3.37. The molecule has 148 valence electrons. The molecule has 2 fully saturated rings. The standard InChI is InChI=1S/C21H22N6O2/c28-19(17-14-23-18-7-3-11-24-27(17)18)26-13-5-9-21(26)8-4-12-25(20(21)29)15-16-6-1-2-10-22-16/h1-3,6-7,10-11,14H,4-5,8-9,12-13,15H2. The van der Waals surface area contributed by atoms with E-state index < -0.39 is 5.54 Å². The number of hydrogen-bond acceptors (Lipinski definition) is 5. The molecule has 8 heteroatoms. The van der Waals surface area contributed by atoms with E-state index in [4.69, 9.17) is 0 Å². The highest BCUT2D eigenvalue weighted by atomic mass is 16.2. The van der Waals surface area contributed by atoms with Crippen LogP contribution in [0.5, 0.6) is 0 Å². The highest BCUT2D eigenvalue weighted by Crippen LogP contribution is 2.39. The summed E-state index contributed by atoms with van der Waals surface area (Å²) < 4.78 is 1.55. The van der Waals surface area contributed by atoms with Crippen molar-refractivity contribution in [1.29, 1.82) is 0 Å². The van der Waals surface area contributed by atoms with Gasteiger partial charge in [-0.05, 0) is 49.9 Å². The van der Waals surface area contributed by atoms with Gasteiger partial charge in [-0.2, -0.15) is 5.10 Å². The molecule has 2 amide bonds. The number of pyridine rings is 1. The van der Waals surface area contributed by atoms with Crippen molar-refractivity contribution in [3.63, 3.8) is 0 Å². The van der Waals surface area contributed by atoms with Gasteiger partial charge in [0, 0.05) is 25.5 Å². The first-order chi connectivity index (χ1) is 14.2. The minimum absolute atomic E-state index is 0.0297. The van der Waals surface area contributed by atoms with E-state index in [1.54, 1.807) is 34.1 Å². The predicted octanol–water partition coefficient (Wildman–Crippen LogP) is 1.92. The van der Waals surface area contributed by atoms with Gasteiger partial charge in [0.05, 0.1) is 18.4 Å². The third kappa shape index (κ3) is 2.86. The number of aromatic nitrogens is 4. The van der Waals surface area contributed by atoms with Crippen LogP contribution in [0.15, 0.2) is 48.9 Å². The van der Waals surface area contributed by atoms with Crippen molar-refractivity contribution in [2.24, 2.45) is 0 Å². The highest BCUT2D eigenvalue weighted by molar-refractivity contribution is 5.99. The molecule has 2 aliphatic rings. The van der Waals surface area contributed by atoms with Gasteiger partial charge in [0.25, 0.3) is 5.91 Å². The monoisotopic (exact) mass is 390 g/mol. The van der Waals surface area contributed by atoms with Crippen LogP contribution in [-0.2, 0) is 11.3 Å². The van der Waals surface area contributed by atoms with Gasteiger partial charge in [0.1, 0.15) is 5.54 Å². The van der Waals surface area contributed by atoms with Crippen molar-refractivity contribution in [1.82, 2.24) is 29.4 Å². The first-order valence-electron chi connectivity index (χ1n) is 9.99. The van der Waals surface area contributed by atoms with E-state index in [1.807, 2.05) is 29.2 Å². The van der Waals surface area contributed by atoms with Crippen LogP contribution in [0.1, 0.15) is 41.9 Å². The molecule has 0 radical (unpaired) electrons. The molecule has 1 unspecified atom stereocenters. The zero-order valence-corrected chi connectivity index (χ0v) is 16.1. The Bertz CT molecular complexity index is 1070. The Morgan fingerprint density at radius 2 is 1.90 bits per heavy atom. The molecule has 0 aliphatic carbocycles. The normalized spacial score (nSPS) is 22.0. The fourth-order valence-electron chi connectivity index (χ4n) is 4.67. The number of carbonyl (C=O) groups is 2. The van der Waals surface area contributed by atoms with Crippen LogP contribution in [0.2, 0.25) is 0 Å². The molecule has 0 bridgehead atoms. The lowest BCUT2D eigenvalue weighted by atomic mass is 9.85. The molecular formula is C21H22N6O2.